The summed E-state index contributed by atoms with van der Waals surface area (Å²) in [5, 5.41) is 3.51. The van der Waals surface area contributed by atoms with Crippen molar-refractivity contribution >= 4 is 0 Å². The molecule has 2 rings (SSSR count). The first-order chi connectivity index (χ1) is 9.04. The molecule has 1 unspecified atom stereocenters. The second-order valence-electron chi connectivity index (χ2n) is 5.99. The van der Waals surface area contributed by atoms with Crippen LogP contribution in [0.15, 0.2) is 12.1 Å². The molecule has 0 spiro atoms. The van der Waals surface area contributed by atoms with Gasteiger partial charge in [0.15, 0.2) is 0 Å². The van der Waals surface area contributed by atoms with Crippen LogP contribution in [-0.4, -0.2) is 19.8 Å². The quantitative estimate of drug-likeness (QED) is 0.889. The number of likely N-dealkylation sites (N-methyl/N-ethyl adjacent to an activating group) is 1. The molecule has 1 atom stereocenters. The van der Waals surface area contributed by atoms with E-state index >= 15 is 0 Å². The Morgan fingerprint density at radius 3 is 2.16 bits per heavy atom. The fourth-order valence-electron chi connectivity index (χ4n) is 3.58. The van der Waals surface area contributed by atoms with Crippen LogP contribution >= 0.6 is 0 Å². The van der Waals surface area contributed by atoms with Crippen molar-refractivity contribution in [3.63, 3.8) is 0 Å². The molecule has 0 radical (unpaired) electrons. The largest absolute Gasteiger partial charge is 0.376 e. The van der Waals surface area contributed by atoms with Gasteiger partial charge in [-0.1, -0.05) is 25.0 Å². The molecule has 0 aliphatic heterocycles. The van der Waals surface area contributed by atoms with Crippen LogP contribution in [0.2, 0.25) is 0 Å². The molecule has 1 fully saturated rings. The summed E-state index contributed by atoms with van der Waals surface area (Å²) in [5.74, 6) is 0. The second kappa shape index (κ2) is 5.64. The Kier molecular flexibility index (Phi) is 4.32. The van der Waals surface area contributed by atoms with E-state index in [1.165, 1.54) is 35.1 Å². The highest BCUT2D eigenvalue weighted by Gasteiger charge is 2.42. The van der Waals surface area contributed by atoms with Gasteiger partial charge in [0.2, 0.25) is 0 Å². The summed E-state index contributed by atoms with van der Waals surface area (Å²) in [4.78, 5) is 0. The van der Waals surface area contributed by atoms with E-state index in [1.807, 2.05) is 7.11 Å². The number of aryl methyl sites for hydroxylation is 3. The number of benzene rings is 1. The molecule has 106 valence electrons. The highest BCUT2D eigenvalue weighted by Crippen LogP contribution is 2.43. The molecule has 19 heavy (non-hydrogen) atoms. The SMILES string of the molecule is CNC(c1cc(C)c(C)cc1C)C1(OC)CCCC1. The van der Waals surface area contributed by atoms with Crippen molar-refractivity contribution in [1.29, 1.82) is 0 Å². The van der Waals surface area contributed by atoms with Crippen molar-refractivity contribution in [3.05, 3.63) is 34.4 Å². The first kappa shape index (κ1) is 14.5. The minimum absolute atomic E-state index is 0.0266. The van der Waals surface area contributed by atoms with Gasteiger partial charge in [0, 0.05) is 7.11 Å². The van der Waals surface area contributed by atoms with Gasteiger partial charge in [-0.25, -0.2) is 0 Å². The van der Waals surface area contributed by atoms with Crippen LogP contribution in [0.1, 0.15) is 54.0 Å². The molecule has 1 saturated carbocycles. The van der Waals surface area contributed by atoms with Gasteiger partial charge in [0.25, 0.3) is 0 Å². The molecular weight excluding hydrogens is 234 g/mol. The van der Waals surface area contributed by atoms with Gasteiger partial charge < -0.3 is 10.1 Å². The normalized spacial score (nSPS) is 19.6. The van der Waals surface area contributed by atoms with Crippen LogP contribution in [0.3, 0.4) is 0 Å². The number of ether oxygens (including phenoxy) is 1. The molecule has 2 heteroatoms. The highest BCUT2D eigenvalue weighted by molar-refractivity contribution is 5.39. The predicted octanol–water partition coefficient (Wildman–Crippen LogP) is 3.83. The van der Waals surface area contributed by atoms with Gasteiger partial charge in [-0.05, 0) is 62.9 Å². The van der Waals surface area contributed by atoms with Crippen molar-refractivity contribution in [2.24, 2.45) is 0 Å². The molecule has 0 heterocycles. The van der Waals surface area contributed by atoms with Gasteiger partial charge in [-0.3, -0.25) is 0 Å². The van der Waals surface area contributed by atoms with Gasteiger partial charge in [0.1, 0.15) is 0 Å². The number of rotatable bonds is 4. The van der Waals surface area contributed by atoms with E-state index in [0.717, 1.165) is 12.8 Å². The van der Waals surface area contributed by atoms with E-state index in [2.05, 4.69) is 45.3 Å². The van der Waals surface area contributed by atoms with E-state index in [-0.39, 0.29) is 5.60 Å². The third-order valence-electron chi connectivity index (χ3n) is 4.86. The summed E-state index contributed by atoms with van der Waals surface area (Å²) in [6.45, 7) is 6.59. The molecule has 0 bridgehead atoms. The lowest BCUT2D eigenvalue weighted by atomic mass is 9.83. The zero-order chi connectivity index (χ0) is 14.0. The molecule has 0 saturated heterocycles. The van der Waals surface area contributed by atoms with E-state index in [4.69, 9.17) is 4.74 Å². The van der Waals surface area contributed by atoms with Crippen molar-refractivity contribution < 1.29 is 4.74 Å². The fraction of sp³-hybridized carbons (Fsp3) is 0.647. The van der Waals surface area contributed by atoms with Crippen molar-refractivity contribution in [1.82, 2.24) is 5.32 Å². The summed E-state index contributed by atoms with van der Waals surface area (Å²) in [6.07, 6.45) is 4.86. The molecule has 1 N–H and O–H groups in total. The first-order valence-corrected chi connectivity index (χ1v) is 7.34. The Balaban J connectivity index is 2.44. The van der Waals surface area contributed by atoms with Gasteiger partial charge in [-0.15, -0.1) is 0 Å². The maximum atomic E-state index is 5.97. The molecule has 1 aliphatic rings. The summed E-state index contributed by atoms with van der Waals surface area (Å²) in [5.41, 5.74) is 5.47. The Labute approximate surface area is 117 Å². The summed E-state index contributed by atoms with van der Waals surface area (Å²) >= 11 is 0. The van der Waals surface area contributed by atoms with Crippen molar-refractivity contribution in [2.45, 2.75) is 58.1 Å². The molecule has 2 nitrogen and oxygen atoms in total. The molecule has 1 aromatic carbocycles. The third-order valence-corrected chi connectivity index (χ3v) is 4.86. The molecular formula is C17H27NO. The van der Waals surface area contributed by atoms with Crippen LogP contribution in [0.25, 0.3) is 0 Å². The zero-order valence-electron chi connectivity index (χ0n) is 13.0. The zero-order valence-corrected chi connectivity index (χ0v) is 13.0. The van der Waals surface area contributed by atoms with Crippen LogP contribution < -0.4 is 5.32 Å². The minimum Gasteiger partial charge on any atom is -0.376 e. The van der Waals surface area contributed by atoms with Crippen molar-refractivity contribution in [2.75, 3.05) is 14.2 Å². The predicted molar refractivity (Wildman–Crippen MR) is 80.7 cm³/mol. The Hall–Kier alpha value is -0.860. The fourth-order valence-corrected chi connectivity index (χ4v) is 3.58. The molecule has 0 amide bonds. The van der Waals surface area contributed by atoms with Crippen LogP contribution in [0, 0.1) is 20.8 Å². The van der Waals surface area contributed by atoms with Gasteiger partial charge in [-0.2, -0.15) is 0 Å². The Morgan fingerprint density at radius 1 is 1.05 bits per heavy atom. The summed E-state index contributed by atoms with van der Waals surface area (Å²) in [6, 6.07) is 4.93. The molecule has 1 aromatic rings. The van der Waals surface area contributed by atoms with Crippen molar-refractivity contribution in [3.8, 4) is 0 Å². The Bertz CT molecular complexity index is 447. The maximum absolute atomic E-state index is 5.97. The highest BCUT2D eigenvalue weighted by atomic mass is 16.5. The lowest BCUT2D eigenvalue weighted by molar-refractivity contribution is -0.0350. The number of hydrogen-bond acceptors (Lipinski definition) is 2. The third kappa shape index (κ3) is 2.56. The molecule has 0 aromatic heterocycles. The summed E-state index contributed by atoms with van der Waals surface area (Å²) in [7, 11) is 3.92. The van der Waals surface area contributed by atoms with Gasteiger partial charge in [0.05, 0.1) is 11.6 Å². The van der Waals surface area contributed by atoms with Crippen LogP contribution in [0.5, 0.6) is 0 Å². The second-order valence-corrected chi connectivity index (χ2v) is 5.99. The van der Waals surface area contributed by atoms with Crippen LogP contribution in [-0.2, 0) is 4.74 Å². The topological polar surface area (TPSA) is 21.3 Å². The van der Waals surface area contributed by atoms with Gasteiger partial charge >= 0.3 is 0 Å². The van der Waals surface area contributed by atoms with Crippen LogP contribution in [0.4, 0.5) is 0 Å². The van der Waals surface area contributed by atoms with E-state index in [0.29, 0.717) is 6.04 Å². The number of methoxy groups -OCH3 is 1. The van der Waals surface area contributed by atoms with E-state index in [1.54, 1.807) is 0 Å². The Morgan fingerprint density at radius 2 is 1.63 bits per heavy atom. The smallest absolute Gasteiger partial charge is 0.0872 e. The average Bonchev–Trinajstić information content (AvgIpc) is 2.86. The average molecular weight is 261 g/mol. The lowest BCUT2D eigenvalue weighted by Gasteiger charge is -2.37. The number of nitrogens with one attached hydrogen (secondary N) is 1. The lowest BCUT2D eigenvalue weighted by Crippen LogP contribution is -2.42. The van der Waals surface area contributed by atoms with E-state index < -0.39 is 0 Å². The van der Waals surface area contributed by atoms with E-state index in [9.17, 15) is 0 Å². The molecule has 1 aliphatic carbocycles. The first-order valence-electron chi connectivity index (χ1n) is 7.34. The minimum atomic E-state index is -0.0266. The standard InChI is InChI=1S/C17H27NO/c1-12-10-14(3)15(11-13(12)2)16(18-4)17(19-5)8-6-7-9-17/h10-11,16,18H,6-9H2,1-5H3. The summed E-state index contributed by atoms with van der Waals surface area (Å²) < 4.78 is 5.97. The monoisotopic (exact) mass is 261 g/mol. The maximum Gasteiger partial charge on any atom is 0.0872 e. The number of hydrogen-bond donors (Lipinski definition) is 1.